The lowest BCUT2D eigenvalue weighted by Crippen LogP contribution is -2.16. The Bertz CT molecular complexity index is 533. The second-order valence-corrected chi connectivity index (χ2v) is 4.54. The molecule has 1 amide bonds. The third-order valence-corrected chi connectivity index (χ3v) is 2.49. The van der Waals surface area contributed by atoms with Gasteiger partial charge in [-0.25, -0.2) is 0 Å². The Morgan fingerprint density at radius 2 is 2.11 bits per heavy atom. The summed E-state index contributed by atoms with van der Waals surface area (Å²) < 4.78 is 0. The van der Waals surface area contributed by atoms with Crippen molar-refractivity contribution in [2.45, 2.75) is 0 Å². The first kappa shape index (κ1) is 14.4. The standard InChI is InChI=1S/C12H11Cl2N3O/c1-17(2)7-8(6-15)12(18)16-11-5-9(13)3-4-10(11)14/h3-5,7H,1-2H3,(H,16,18). The number of anilines is 1. The van der Waals surface area contributed by atoms with Gasteiger partial charge in [-0.2, -0.15) is 5.26 Å². The molecule has 6 heteroatoms. The SMILES string of the molecule is CN(C)C=C(C#N)C(=O)Nc1cc(Cl)ccc1Cl. The molecule has 0 aliphatic heterocycles. The van der Waals surface area contributed by atoms with Crippen LogP contribution in [0.5, 0.6) is 0 Å². The summed E-state index contributed by atoms with van der Waals surface area (Å²) in [7, 11) is 3.44. The lowest BCUT2D eigenvalue weighted by atomic mass is 10.2. The molecule has 18 heavy (non-hydrogen) atoms. The average Bonchev–Trinajstić information content (AvgIpc) is 2.30. The van der Waals surface area contributed by atoms with Crippen LogP contribution in [0.2, 0.25) is 10.0 Å². The summed E-state index contributed by atoms with van der Waals surface area (Å²) in [5.74, 6) is -0.532. The van der Waals surface area contributed by atoms with Crippen molar-refractivity contribution < 1.29 is 4.79 Å². The highest BCUT2D eigenvalue weighted by Gasteiger charge is 2.11. The predicted octanol–water partition coefficient (Wildman–Crippen LogP) is 2.90. The van der Waals surface area contributed by atoms with Crippen molar-refractivity contribution in [3.8, 4) is 6.07 Å². The molecule has 0 aliphatic rings. The number of nitrogens with one attached hydrogen (secondary N) is 1. The molecule has 94 valence electrons. The van der Waals surface area contributed by atoms with Crippen LogP contribution in [0.25, 0.3) is 0 Å². The largest absolute Gasteiger partial charge is 0.382 e. The van der Waals surface area contributed by atoms with Gasteiger partial charge in [0.2, 0.25) is 0 Å². The summed E-state index contributed by atoms with van der Waals surface area (Å²) in [6.45, 7) is 0. The zero-order chi connectivity index (χ0) is 13.7. The average molecular weight is 284 g/mol. The number of halogens is 2. The van der Waals surface area contributed by atoms with Crippen LogP contribution < -0.4 is 5.32 Å². The van der Waals surface area contributed by atoms with Gasteiger partial charge < -0.3 is 10.2 Å². The summed E-state index contributed by atoms with van der Waals surface area (Å²) in [6, 6.07) is 6.52. The molecule has 1 aromatic carbocycles. The minimum absolute atomic E-state index is 0.0176. The highest BCUT2D eigenvalue weighted by molar-refractivity contribution is 6.35. The van der Waals surface area contributed by atoms with E-state index >= 15 is 0 Å². The Balaban J connectivity index is 2.94. The zero-order valence-electron chi connectivity index (χ0n) is 9.87. The second-order valence-electron chi connectivity index (χ2n) is 3.70. The van der Waals surface area contributed by atoms with Crippen molar-refractivity contribution in [3.05, 3.63) is 40.0 Å². The minimum Gasteiger partial charge on any atom is -0.382 e. The van der Waals surface area contributed by atoms with E-state index in [0.717, 1.165) is 0 Å². The Kier molecular flexibility index (Phi) is 5.02. The normalized spacial score (nSPS) is 10.7. The maximum absolute atomic E-state index is 11.8. The van der Waals surface area contributed by atoms with Crippen LogP contribution in [0.3, 0.4) is 0 Å². The number of nitriles is 1. The van der Waals surface area contributed by atoms with Gasteiger partial charge in [0.15, 0.2) is 0 Å². The number of nitrogens with zero attached hydrogens (tertiary/aromatic N) is 2. The quantitative estimate of drug-likeness (QED) is 0.686. The van der Waals surface area contributed by atoms with Crippen molar-refractivity contribution in [1.29, 1.82) is 5.26 Å². The van der Waals surface area contributed by atoms with Crippen molar-refractivity contribution in [3.63, 3.8) is 0 Å². The molecule has 4 nitrogen and oxygen atoms in total. The lowest BCUT2D eigenvalue weighted by Gasteiger charge is -2.09. The highest BCUT2D eigenvalue weighted by atomic mass is 35.5. The molecule has 1 aromatic rings. The zero-order valence-corrected chi connectivity index (χ0v) is 11.4. The van der Waals surface area contributed by atoms with Gasteiger partial charge in [0.1, 0.15) is 11.6 Å². The molecule has 1 rings (SSSR count). The summed E-state index contributed by atoms with van der Waals surface area (Å²) in [5, 5.41) is 12.2. The Morgan fingerprint density at radius 1 is 1.44 bits per heavy atom. The van der Waals surface area contributed by atoms with E-state index in [1.54, 1.807) is 31.1 Å². The lowest BCUT2D eigenvalue weighted by molar-refractivity contribution is -0.112. The summed E-state index contributed by atoms with van der Waals surface area (Å²) in [5.41, 5.74) is 0.352. The summed E-state index contributed by atoms with van der Waals surface area (Å²) in [4.78, 5) is 13.4. The van der Waals surface area contributed by atoms with E-state index in [-0.39, 0.29) is 5.57 Å². The van der Waals surface area contributed by atoms with E-state index < -0.39 is 5.91 Å². The fraction of sp³-hybridized carbons (Fsp3) is 0.167. The number of carbonyl (C=O) groups is 1. The summed E-state index contributed by atoms with van der Waals surface area (Å²) >= 11 is 11.7. The van der Waals surface area contributed by atoms with E-state index in [4.69, 9.17) is 28.5 Å². The third-order valence-electron chi connectivity index (χ3n) is 1.93. The van der Waals surface area contributed by atoms with Gasteiger partial charge in [-0.15, -0.1) is 0 Å². The van der Waals surface area contributed by atoms with Crippen LogP contribution in [0.1, 0.15) is 0 Å². The molecule has 0 unspecified atom stereocenters. The first-order chi connectivity index (χ1) is 8.43. The van der Waals surface area contributed by atoms with Gasteiger partial charge >= 0.3 is 0 Å². The molecule has 0 heterocycles. The van der Waals surface area contributed by atoms with Gasteiger partial charge in [0.25, 0.3) is 5.91 Å². The van der Waals surface area contributed by atoms with Gasteiger partial charge in [-0.3, -0.25) is 4.79 Å². The molecule has 0 fully saturated rings. The maximum Gasteiger partial charge on any atom is 0.267 e. The van der Waals surface area contributed by atoms with Gasteiger partial charge in [0.05, 0.1) is 10.7 Å². The Morgan fingerprint density at radius 3 is 2.67 bits per heavy atom. The molecule has 0 atom stereocenters. The number of rotatable bonds is 3. The first-order valence-corrected chi connectivity index (χ1v) is 5.74. The van der Waals surface area contributed by atoms with E-state index in [0.29, 0.717) is 15.7 Å². The monoisotopic (exact) mass is 283 g/mol. The van der Waals surface area contributed by atoms with Crippen molar-refractivity contribution >= 4 is 34.8 Å². The van der Waals surface area contributed by atoms with E-state index in [1.807, 2.05) is 6.07 Å². The minimum atomic E-state index is -0.532. The highest BCUT2D eigenvalue weighted by Crippen LogP contribution is 2.25. The second kappa shape index (κ2) is 6.29. The fourth-order valence-corrected chi connectivity index (χ4v) is 1.52. The van der Waals surface area contributed by atoms with Crippen LogP contribution in [0, 0.1) is 11.3 Å². The number of hydrogen-bond donors (Lipinski definition) is 1. The molecular weight excluding hydrogens is 273 g/mol. The van der Waals surface area contributed by atoms with Gasteiger partial charge in [0, 0.05) is 25.3 Å². The molecular formula is C12H11Cl2N3O. The molecule has 0 saturated carbocycles. The fourth-order valence-electron chi connectivity index (χ4n) is 1.18. The maximum atomic E-state index is 11.8. The molecule has 0 aromatic heterocycles. The van der Waals surface area contributed by atoms with Crippen molar-refractivity contribution in [2.24, 2.45) is 0 Å². The van der Waals surface area contributed by atoms with Crippen LogP contribution in [-0.4, -0.2) is 24.9 Å². The van der Waals surface area contributed by atoms with Crippen LogP contribution in [0.4, 0.5) is 5.69 Å². The van der Waals surface area contributed by atoms with Gasteiger partial charge in [-0.1, -0.05) is 23.2 Å². The number of carbonyl (C=O) groups excluding carboxylic acids is 1. The van der Waals surface area contributed by atoms with Crippen molar-refractivity contribution in [2.75, 3.05) is 19.4 Å². The van der Waals surface area contributed by atoms with Crippen LogP contribution >= 0.6 is 23.2 Å². The van der Waals surface area contributed by atoms with Crippen molar-refractivity contribution in [1.82, 2.24) is 4.90 Å². The summed E-state index contributed by atoms with van der Waals surface area (Å²) in [6.07, 6.45) is 1.42. The predicted molar refractivity (Wildman–Crippen MR) is 72.5 cm³/mol. The molecule has 0 radical (unpaired) electrons. The van der Waals surface area contributed by atoms with E-state index in [2.05, 4.69) is 5.32 Å². The molecule has 0 saturated heterocycles. The smallest absolute Gasteiger partial charge is 0.267 e. The molecule has 0 bridgehead atoms. The first-order valence-electron chi connectivity index (χ1n) is 4.99. The van der Waals surface area contributed by atoms with Crippen LogP contribution in [0.15, 0.2) is 30.0 Å². The Hall–Kier alpha value is -1.70. The van der Waals surface area contributed by atoms with E-state index in [9.17, 15) is 4.79 Å². The number of benzene rings is 1. The molecule has 0 spiro atoms. The topological polar surface area (TPSA) is 56.1 Å². The van der Waals surface area contributed by atoms with Gasteiger partial charge in [-0.05, 0) is 18.2 Å². The third kappa shape index (κ3) is 3.95. The number of hydrogen-bond acceptors (Lipinski definition) is 3. The Labute approximate surface area is 115 Å². The van der Waals surface area contributed by atoms with Crippen LogP contribution in [-0.2, 0) is 4.79 Å². The number of amides is 1. The molecule has 1 N–H and O–H groups in total. The molecule has 0 aliphatic carbocycles. The van der Waals surface area contributed by atoms with E-state index in [1.165, 1.54) is 12.3 Å².